The molecule has 7 heteroatoms. The summed E-state index contributed by atoms with van der Waals surface area (Å²) in [5.41, 5.74) is 2.48. The van der Waals surface area contributed by atoms with Crippen LogP contribution in [0.15, 0.2) is 48.7 Å². The lowest BCUT2D eigenvalue weighted by molar-refractivity contribution is -0.144. The molecule has 2 heterocycles. The summed E-state index contributed by atoms with van der Waals surface area (Å²) >= 11 is 0. The minimum Gasteiger partial charge on any atom is -0.462 e. The zero-order valence-electron chi connectivity index (χ0n) is 20.7. The molecule has 36 heavy (non-hydrogen) atoms. The summed E-state index contributed by atoms with van der Waals surface area (Å²) < 4.78 is 24.3. The molecule has 0 spiro atoms. The molecule has 1 aromatic carbocycles. The molecule has 1 aromatic heterocycles. The van der Waals surface area contributed by atoms with E-state index < -0.39 is 0 Å². The number of pyridine rings is 1. The monoisotopic (exact) mass is 492 g/mol. The average Bonchev–Trinajstić information content (AvgIpc) is 3.15. The number of carbonyl (C=O) groups is 2. The van der Waals surface area contributed by atoms with Gasteiger partial charge in [-0.25, -0.2) is 9.18 Å². The van der Waals surface area contributed by atoms with Crippen LogP contribution in [-0.4, -0.2) is 35.8 Å². The predicted molar refractivity (Wildman–Crippen MR) is 134 cm³/mol. The molecular weight excluding hydrogens is 459 g/mol. The number of hydrogen-bond acceptors (Lipinski definition) is 5. The zero-order chi connectivity index (χ0) is 25.2. The van der Waals surface area contributed by atoms with Gasteiger partial charge in [-0.2, -0.15) is 0 Å². The number of esters is 1. The Balaban J connectivity index is 1.34. The standard InChI is InChI=1S/C29H33FN2O4/c1-3-35-29(34)32-23-10-11-24-20(14-23)15-26-27(17(2)36-28(26)33)25(24)12-9-22-8-7-19(16-31-22)18-5-4-6-21(30)13-18/h4-9,12-13,16-17,20,23-27H,3,10-11,14-15H2,1-2H3,(H,32,34)/b12-9+/t17-,20-,23?,24+,25+,26+,27+/m1/s1. The maximum Gasteiger partial charge on any atom is 0.407 e. The molecule has 7 atom stereocenters. The number of rotatable bonds is 5. The summed E-state index contributed by atoms with van der Waals surface area (Å²) in [6.45, 7) is 4.15. The normalized spacial score (nSPS) is 31.4. The Morgan fingerprint density at radius 1 is 1.22 bits per heavy atom. The van der Waals surface area contributed by atoms with Gasteiger partial charge in [0.25, 0.3) is 0 Å². The Bertz CT molecular complexity index is 1130. The van der Waals surface area contributed by atoms with Gasteiger partial charge in [0.2, 0.25) is 0 Å². The van der Waals surface area contributed by atoms with Gasteiger partial charge >= 0.3 is 12.1 Å². The molecule has 3 fully saturated rings. The highest BCUT2D eigenvalue weighted by Crippen LogP contribution is 2.53. The van der Waals surface area contributed by atoms with Crippen molar-refractivity contribution in [2.45, 2.75) is 51.7 Å². The van der Waals surface area contributed by atoms with Gasteiger partial charge in [0.05, 0.1) is 18.2 Å². The molecule has 190 valence electrons. The van der Waals surface area contributed by atoms with E-state index in [4.69, 9.17) is 9.47 Å². The number of alkyl carbamates (subject to hydrolysis) is 1. The fourth-order valence-electron chi connectivity index (χ4n) is 6.64. The Morgan fingerprint density at radius 3 is 2.83 bits per heavy atom. The number of fused-ring (bicyclic) bond motifs is 2. The highest BCUT2D eigenvalue weighted by atomic mass is 19.1. The van der Waals surface area contributed by atoms with Crippen LogP contribution in [0.2, 0.25) is 0 Å². The van der Waals surface area contributed by atoms with E-state index in [1.54, 1.807) is 19.2 Å². The first-order valence-corrected chi connectivity index (χ1v) is 13.0. The molecule has 2 saturated carbocycles. The first kappa shape index (κ1) is 24.5. The largest absolute Gasteiger partial charge is 0.462 e. The lowest BCUT2D eigenvalue weighted by Crippen LogP contribution is -2.48. The number of benzene rings is 1. The molecule has 5 rings (SSSR count). The van der Waals surface area contributed by atoms with Crippen LogP contribution in [0, 0.1) is 35.4 Å². The quantitative estimate of drug-likeness (QED) is 0.548. The number of cyclic esters (lactones) is 1. The number of ether oxygens (including phenoxy) is 2. The van der Waals surface area contributed by atoms with Crippen molar-refractivity contribution in [1.29, 1.82) is 0 Å². The molecule has 6 nitrogen and oxygen atoms in total. The highest BCUT2D eigenvalue weighted by molar-refractivity contribution is 5.75. The van der Waals surface area contributed by atoms with Crippen molar-refractivity contribution in [1.82, 2.24) is 10.3 Å². The molecule has 2 aromatic rings. The molecule has 1 aliphatic heterocycles. The maximum atomic E-state index is 13.6. The van der Waals surface area contributed by atoms with E-state index in [2.05, 4.69) is 16.4 Å². The third-order valence-electron chi connectivity index (χ3n) is 8.18. The molecule has 1 unspecified atom stereocenters. The number of allylic oxidation sites excluding steroid dienone is 1. The third kappa shape index (κ3) is 5.01. The summed E-state index contributed by atoms with van der Waals surface area (Å²) in [7, 11) is 0. The first-order chi connectivity index (χ1) is 17.4. The molecule has 2 aliphatic carbocycles. The van der Waals surface area contributed by atoms with E-state index in [1.807, 2.05) is 31.2 Å². The molecule has 0 radical (unpaired) electrons. The van der Waals surface area contributed by atoms with Gasteiger partial charge in [-0.3, -0.25) is 9.78 Å². The summed E-state index contributed by atoms with van der Waals surface area (Å²) in [4.78, 5) is 29.2. The van der Waals surface area contributed by atoms with Gasteiger partial charge in [0.15, 0.2) is 0 Å². The number of nitrogens with zero attached hydrogens (tertiary/aromatic N) is 1. The number of nitrogens with one attached hydrogen (secondary N) is 1. The fourth-order valence-corrected chi connectivity index (χ4v) is 6.64. The van der Waals surface area contributed by atoms with Gasteiger partial charge < -0.3 is 14.8 Å². The van der Waals surface area contributed by atoms with Crippen LogP contribution in [0.4, 0.5) is 9.18 Å². The summed E-state index contributed by atoms with van der Waals surface area (Å²) in [6.07, 6.45) is 9.07. The van der Waals surface area contributed by atoms with Crippen molar-refractivity contribution in [2.24, 2.45) is 29.6 Å². The third-order valence-corrected chi connectivity index (χ3v) is 8.18. The second-order valence-corrected chi connectivity index (χ2v) is 10.3. The molecule has 1 amide bonds. The second kappa shape index (κ2) is 10.4. The van der Waals surface area contributed by atoms with Gasteiger partial charge in [-0.1, -0.05) is 24.3 Å². The van der Waals surface area contributed by atoms with Gasteiger partial charge in [-0.05, 0) is 87.1 Å². The van der Waals surface area contributed by atoms with E-state index in [-0.39, 0.29) is 47.8 Å². The van der Waals surface area contributed by atoms with Gasteiger partial charge in [0.1, 0.15) is 11.9 Å². The topological polar surface area (TPSA) is 77.5 Å². The van der Waals surface area contributed by atoms with E-state index in [0.717, 1.165) is 42.5 Å². The Morgan fingerprint density at radius 2 is 2.08 bits per heavy atom. The van der Waals surface area contributed by atoms with Crippen LogP contribution in [0.3, 0.4) is 0 Å². The Labute approximate surface area is 211 Å². The van der Waals surface area contributed by atoms with E-state index in [0.29, 0.717) is 18.4 Å². The minimum absolute atomic E-state index is 0.0679. The summed E-state index contributed by atoms with van der Waals surface area (Å²) in [5, 5.41) is 3.00. The average molecular weight is 493 g/mol. The zero-order valence-corrected chi connectivity index (χ0v) is 20.7. The maximum absolute atomic E-state index is 13.6. The SMILES string of the molecule is CCOC(=O)NC1CC[C@H]2[C@H](C1)C[C@@H]1C(=O)O[C@H](C)[C@H]1[C@H]2/C=C/c1ccc(-c2cccc(F)c2)cn1. The molecule has 0 bridgehead atoms. The van der Waals surface area contributed by atoms with Crippen LogP contribution in [0.25, 0.3) is 17.2 Å². The van der Waals surface area contributed by atoms with Crippen molar-refractivity contribution < 1.29 is 23.5 Å². The van der Waals surface area contributed by atoms with Crippen molar-refractivity contribution in [3.8, 4) is 11.1 Å². The van der Waals surface area contributed by atoms with Gasteiger partial charge in [0, 0.05) is 23.7 Å². The van der Waals surface area contributed by atoms with Gasteiger partial charge in [-0.15, -0.1) is 0 Å². The Hall–Kier alpha value is -3.22. The van der Waals surface area contributed by atoms with E-state index in [1.165, 1.54) is 12.1 Å². The van der Waals surface area contributed by atoms with Crippen LogP contribution < -0.4 is 5.32 Å². The van der Waals surface area contributed by atoms with E-state index in [9.17, 15) is 14.0 Å². The smallest absolute Gasteiger partial charge is 0.407 e. The van der Waals surface area contributed by atoms with Crippen LogP contribution in [0.1, 0.15) is 45.2 Å². The highest BCUT2D eigenvalue weighted by Gasteiger charge is 2.54. The molecule has 1 saturated heterocycles. The lowest BCUT2D eigenvalue weighted by Gasteiger charge is -2.47. The molecular formula is C29H33FN2O4. The number of hydrogen-bond donors (Lipinski definition) is 1. The number of halogens is 1. The number of carbonyl (C=O) groups excluding carboxylic acids is 2. The van der Waals surface area contributed by atoms with Crippen molar-refractivity contribution in [3.63, 3.8) is 0 Å². The lowest BCUT2D eigenvalue weighted by atomic mass is 9.57. The summed E-state index contributed by atoms with van der Waals surface area (Å²) in [6, 6.07) is 10.4. The van der Waals surface area contributed by atoms with Crippen molar-refractivity contribution >= 4 is 18.1 Å². The predicted octanol–water partition coefficient (Wildman–Crippen LogP) is 5.63. The van der Waals surface area contributed by atoms with Crippen LogP contribution in [-0.2, 0) is 14.3 Å². The Kier molecular flexibility index (Phi) is 7.08. The van der Waals surface area contributed by atoms with Crippen molar-refractivity contribution in [2.75, 3.05) is 6.61 Å². The molecule has 1 N–H and O–H groups in total. The molecule has 3 aliphatic rings. The van der Waals surface area contributed by atoms with Crippen LogP contribution in [0.5, 0.6) is 0 Å². The number of amides is 1. The second-order valence-electron chi connectivity index (χ2n) is 10.3. The fraction of sp³-hybridized carbons (Fsp3) is 0.483. The number of aromatic nitrogens is 1. The minimum atomic E-state index is -0.368. The van der Waals surface area contributed by atoms with Crippen molar-refractivity contribution in [3.05, 3.63) is 60.2 Å². The van der Waals surface area contributed by atoms with Crippen LogP contribution >= 0.6 is 0 Å². The summed E-state index contributed by atoms with van der Waals surface area (Å²) in [5.74, 6) is 0.629. The van der Waals surface area contributed by atoms with E-state index >= 15 is 0 Å². The first-order valence-electron chi connectivity index (χ1n) is 13.0.